The molecule has 20 heavy (non-hydrogen) atoms. The highest BCUT2D eigenvalue weighted by Gasteiger charge is 2.27. The van der Waals surface area contributed by atoms with Gasteiger partial charge in [0.25, 0.3) is 5.69 Å². The molecule has 1 aromatic rings. The van der Waals surface area contributed by atoms with E-state index in [2.05, 4.69) is 16.8 Å². The van der Waals surface area contributed by atoms with Crippen molar-refractivity contribution in [3.05, 3.63) is 32.8 Å². The van der Waals surface area contributed by atoms with Crippen LogP contribution in [0.2, 0.25) is 5.02 Å². The van der Waals surface area contributed by atoms with Gasteiger partial charge in [-0.1, -0.05) is 11.6 Å². The van der Waals surface area contributed by atoms with Crippen LogP contribution >= 0.6 is 11.6 Å². The fourth-order valence-corrected chi connectivity index (χ4v) is 2.86. The molecular weight excluding hydrogens is 280 g/mol. The Morgan fingerprint density at radius 3 is 2.80 bits per heavy atom. The van der Waals surface area contributed by atoms with Gasteiger partial charge in [0.2, 0.25) is 0 Å². The number of aryl methyl sites for hydroxylation is 1. The summed E-state index contributed by atoms with van der Waals surface area (Å²) in [4.78, 5) is 14.9. The normalized spacial score (nSPS) is 20.2. The number of piperazine rings is 1. The average Bonchev–Trinajstić information content (AvgIpc) is 2.40. The van der Waals surface area contributed by atoms with E-state index < -0.39 is 4.92 Å². The van der Waals surface area contributed by atoms with E-state index in [-0.39, 0.29) is 16.8 Å². The maximum absolute atomic E-state index is 10.9. The van der Waals surface area contributed by atoms with E-state index in [1.54, 1.807) is 6.07 Å². The van der Waals surface area contributed by atoms with Crippen LogP contribution in [0.25, 0.3) is 0 Å². The number of hydrogen-bond donors (Lipinski definition) is 1. The summed E-state index contributed by atoms with van der Waals surface area (Å²) < 4.78 is 0. The zero-order valence-corrected chi connectivity index (χ0v) is 12.4. The van der Waals surface area contributed by atoms with Crippen LogP contribution in [0.3, 0.4) is 0 Å². The van der Waals surface area contributed by atoms with Gasteiger partial charge in [0.15, 0.2) is 0 Å². The SMILES string of the molecule is Cc1cc([N+](=O)[O-])c(Cl)cc1N1CCN(C)CC1CN. The molecule has 1 unspecified atom stereocenters. The molecule has 0 amide bonds. The van der Waals surface area contributed by atoms with E-state index in [4.69, 9.17) is 17.3 Å². The van der Waals surface area contributed by atoms with Crippen molar-refractivity contribution < 1.29 is 4.92 Å². The second-order valence-electron chi connectivity index (χ2n) is 5.19. The first-order chi connectivity index (χ1) is 9.43. The third-order valence-electron chi connectivity index (χ3n) is 3.73. The van der Waals surface area contributed by atoms with E-state index in [1.165, 1.54) is 6.07 Å². The number of likely N-dealkylation sites (N-methyl/N-ethyl adjacent to an activating group) is 1. The average molecular weight is 299 g/mol. The quantitative estimate of drug-likeness (QED) is 0.678. The number of nitro benzene ring substituents is 1. The summed E-state index contributed by atoms with van der Waals surface area (Å²) in [5, 5.41) is 11.1. The molecule has 0 radical (unpaired) electrons. The van der Waals surface area contributed by atoms with Gasteiger partial charge in [-0.2, -0.15) is 0 Å². The molecular formula is C13H19ClN4O2. The van der Waals surface area contributed by atoms with Crippen LogP contribution in [-0.4, -0.2) is 49.1 Å². The molecule has 0 bridgehead atoms. The molecule has 1 aliphatic rings. The summed E-state index contributed by atoms with van der Waals surface area (Å²) in [6.45, 7) is 5.06. The Bertz CT molecular complexity index is 523. The zero-order valence-electron chi connectivity index (χ0n) is 11.7. The lowest BCUT2D eigenvalue weighted by atomic mass is 10.1. The molecule has 1 aliphatic heterocycles. The number of anilines is 1. The lowest BCUT2D eigenvalue weighted by Gasteiger charge is -2.41. The van der Waals surface area contributed by atoms with Crippen molar-refractivity contribution in [2.45, 2.75) is 13.0 Å². The van der Waals surface area contributed by atoms with Gasteiger partial charge in [-0.05, 0) is 25.6 Å². The number of nitro groups is 1. The molecule has 110 valence electrons. The van der Waals surface area contributed by atoms with Crippen molar-refractivity contribution in [2.75, 3.05) is 38.1 Å². The fraction of sp³-hybridized carbons (Fsp3) is 0.538. The van der Waals surface area contributed by atoms with Gasteiger partial charge in [0.1, 0.15) is 5.02 Å². The molecule has 6 nitrogen and oxygen atoms in total. The Hall–Kier alpha value is -1.37. The second-order valence-corrected chi connectivity index (χ2v) is 5.60. The number of nitrogens with zero attached hydrogens (tertiary/aromatic N) is 3. The minimum atomic E-state index is -0.455. The molecule has 2 rings (SSSR count). The lowest BCUT2D eigenvalue weighted by molar-refractivity contribution is -0.384. The van der Waals surface area contributed by atoms with Crippen LogP contribution < -0.4 is 10.6 Å². The van der Waals surface area contributed by atoms with Gasteiger partial charge >= 0.3 is 0 Å². The maximum Gasteiger partial charge on any atom is 0.288 e. The molecule has 1 fully saturated rings. The maximum atomic E-state index is 10.9. The Balaban J connectivity index is 2.37. The summed E-state index contributed by atoms with van der Waals surface area (Å²) in [6.07, 6.45) is 0. The van der Waals surface area contributed by atoms with Crippen LogP contribution in [0.5, 0.6) is 0 Å². The van der Waals surface area contributed by atoms with Crippen molar-refractivity contribution in [3.63, 3.8) is 0 Å². The minimum Gasteiger partial charge on any atom is -0.364 e. The summed E-state index contributed by atoms with van der Waals surface area (Å²) in [5.41, 5.74) is 7.59. The van der Waals surface area contributed by atoms with Crippen LogP contribution in [-0.2, 0) is 0 Å². The van der Waals surface area contributed by atoms with Crippen LogP contribution in [0.15, 0.2) is 12.1 Å². The van der Waals surface area contributed by atoms with Crippen molar-refractivity contribution >= 4 is 23.0 Å². The van der Waals surface area contributed by atoms with Gasteiger partial charge in [-0.3, -0.25) is 10.1 Å². The van der Waals surface area contributed by atoms with Crippen molar-refractivity contribution in [3.8, 4) is 0 Å². The van der Waals surface area contributed by atoms with Gasteiger partial charge in [-0.15, -0.1) is 0 Å². The van der Waals surface area contributed by atoms with Gasteiger partial charge in [0.05, 0.1) is 11.0 Å². The predicted molar refractivity (Wildman–Crippen MR) is 80.5 cm³/mol. The summed E-state index contributed by atoms with van der Waals surface area (Å²) in [7, 11) is 2.07. The van der Waals surface area contributed by atoms with Gasteiger partial charge in [0, 0.05) is 37.9 Å². The van der Waals surface area contributed by atoms with E-state index >= 15 is 0 Å². The zero-order chi connectivity index (χ0) is 14.9. The minimum absolute atomic E-state index is 0.0497. The van der Waals surface area contributed by atoms with E-state index in [0.717, 1.165) is 30.9 Å². The molecule has 1 saturated heterocycles. The van der Waals surface area contributed by atoms with E-state index in [9.17, 15) is 10.1 Å². The largest absolute Gasteiger partial charge is 0.364 e. The predicted octanol–water partition coefficient (Wildman–Crippen LogP) is 1.64. The highest BCUT2D eigenvalue weighted by molar-refractivity contribution is 6.33. The Morgan fingerprint density at radius 2 is 2.20 bits per heavy atom. The molecule has 0 aromatic heterocycles. The van der Waals surface area contributed by atoms with Gasteiger partial charge < -0.3 is 15.5 Å². The second kappa shape index (κ2) is 5.95. The highest BCUT2D eigenvalue weighted by atomic mass is 35.5. The Labute approximate surface area is 123 Å². The number of hydrogen-bond acceptors (Lipinski definition) is 5. The Kier molecular flexibility index (Phi) is 4.47. The fourth-order valence-electron chi connectivity index (χ4n) is 2.63. The summed E-state index contributed by atoms with van der Waals surface area (Å²) in [5.74, 6) is 0. The summed E-state index contributed by atoms with van der Waals surface area (Å²) in [6, 6.07) is 3.41. The molecule has 7 heteroatoms. The highest BCUT2D eigenvalue weighted by Crippen LogP contribution is 2.33. The van der Waals surface area contributed by atoms with E-state index in [0.29, 0.717) is 6.54 Å². The Morgan fingerprint density at radius 1 is 1.50 bits per heavy atom. The molecule has 1 heterocycles. The van der Waals surface area contributed by atoms with Crippen LogP contribution in [0, 0.1) is 17.0 Å². The molecule has 0 aliphatic carbocycles. The van der Waals surface area contributed by atoms with Crippen molar-refractivity contribution in [1.29, 1.82) is 0 Å². The summed E-state index contributed by atoms with van der Waals surface area (Å²) >= 11 is 6.03. The molecule has 0 spiro atoms. The standard InChI is InChI=1S/C13H19ClN4O2/c1-9-5-13(18(19)20)11(14)6-12(9)17-4-3-16(2)8-10(17)7-15/h5-6,10H,3-4,7-8,15H2,1-2H3. The van der Waals surface area contributed by atoms with Crippen LogP contribution in [0.1, 0.15) is 5.56 Å². The lowest BCUT2D eigenvalue weighted by Crippen LogP contribution is -2.55. The van der Waals surface area contributed by atoms with Crippen molar-refractivity contribution in [1.82, 2.24) is 4.90 Å². The number of rotatable bonds is 3. The monoisotopic (exact) mass is 298 g/mol. The van der Waals surface area contributed by atoms with Crippen molar-refractivity contribution in [2.24, 2.45) is 5.73 Å². The smallest absolute Gasteiger partial charge is 0.288 e. The van der Waals surface area contributed by atoms with E-state index in [1.807, 2.05) is 6.92 Å². The number of benzene rings is 1. The van der Waals surface area contributed by atoms with Crippen LogP contribution in [0.4, 0.5) is 11.4 Å². The molecule has 1 atom stereocenters. The number of nitrogens with two attached hydrogens (primary N) is 1. The molecule has 2 N–H and O–H groups in total. The first kappa shape index (κ1) is 15.0. The number of halogens is 1. The first-order valence-electron chi connectivity index (χ1n) is 6.53. The molecule has 0 saturated carbocycles. The third-order valence-corrected chi connectivity index (χ3v) is 4.03. The van der Waals surface area contributed by atoms with Gasteiger partial charge in [-0.25, -0.2) is 0 Å². The first-order valence-corrected chi connectivity index (χ1v) is 6.91. The topological polar surface area (TPSA) is 75.6 Å². The molecule has 1 aromatic carbocycles. The third kappa shape index (κ3) is 2.87.